The lowest BCUT2D eigenvalue weighted by molar-refractivity contribution is -0.139. The smallest absolute Gasteiger partial charge is 0.361 e. The number of carbonyl (C=O) groups is 2. The van der Waals surface area contributed by atoms with Crippen LogP contribution in [-0.2, 0) is 4.79 Å². The Morgan fingerprint density at radius 2 is 1.90 bits per heavy atom. The van der Waals surface area contributed by atoms with Crippen LogP contribution in [-0.4, -0.2) is 31.1 Å². The molecule has 29 heavy (non-hydrogen) atoms. The lowest BCUT2D eigenvalue weighted by Gasteiger charge is -2.33. The molecule has 0 fully saturated rings. The first-order valence-corrected chi connectivity index (χ1v) is 9.24. The Morgan fingerprint density at radius 1 is 1.24 bits per heavy atom. The minimum atomic E-state index is -4.47. The zero-order chi connectivity index (χ0) is 21.3. The van der Waals surface area contributed by atoms with Crippen molar-refractivity contribution < 1.29 is 22.8 Å². The lowest BCUT2D eigenvalue weighted by Crippen LogP contribution is -2.44. The summed E-state index contributed by atoms with van der Waals surface area (Å²) < 4.78 is 39.1. The molecule has 3 rings (SSSR count). The number of rotatable bonds is 4. The summed E-state index contributed by atoms with van der Waals surface area (Å²) in [4.78, 5) is 26.4. The average Bonchev–Trinajstić information content (AvgIpc) is 2.64. The number of likely N-dealkylation sites (N-methyl/N-ethyl adjacent to an activating group) is 1. The standard InChI is InChI=1S/C20H19ClF3N3O2/c1-11-18(28)25-15-9-13(5-8-17(15)27(11)2)19(29)26-16(10-20(22,23)24)12-3-6-14(21)7-4-12/h3-9,11,16H,10H2,1-2H3,(H,25,28)(H,26,29)/t11-,16+/m0/s1. The van der Waals surface area contributed by atoms with Crippen molar-refractivity contribution >= 4 is 34.8 Å². The molecule has 2 amide bonds. The molecule has 0 aromatic heterocycles. The molecule has 0 saturated carbocycles. The van der Waals surface area contributed by atoms with E-state index in [0.29, 0.717) is 16.3 Å². The molecule has 2 atom stereocenters. The summed E-state index contributed by atoms with van der Waals surface area (Å²) in [7, 11) is 1.75. The summed E-state index contributed by atoms with van der Waals surface area (Å²) >= 11 is 5.80. The van der Waals surface area contributed by atoms with E-state index in [1.165, 1.54) is 36.4 Å². The molecule has 154 valence electrons. The molecule has 0 saturated heterocycles. The highest BCUT2D eigenvalue weighted by Crippen LogP contribution is 2.33. The van der Waals surface area contributed by atoms with Crippen LogP contribution in [0.25, 0.3) is 0 Å². The molecule has 5 nitrogen and oxygen atoms in total. The second-order valence-corrected chi connectivity index (χ2v) is 7.34. The number of halogens is 4. The summed E-state index contributed by atoms with van der Waals surface area (Å²) in [5.41, 5.74) is 1.59. The fourth-order valence-electron chi connectivity index (χ4n) is 3.13. The van der Waals surface area contributed by atoms with E-state index in [9.17, 15) is 22.8 Å². The van der Waals surface area contributed by atoms with Gasteiger partial charge < -0.3 is 15.5 Å². The lowest BCUT2D eigenvalue weighted by atomic mass is 10.0. The van der Waals surface area contributed by atoms with E-state index in [0.717, 1.165) is 5.69 Å². The molecule has 0 bridgehead atoms. The maximum absolute atomic E-state index is 13.0. The van der Waals surface area contributed by atoms with E-state index < -0.39 is 24.5 Å². The predicted octanol–water partition coefficient (Wildman–Crippen LogP) is 4.54. The number of nitrogens with one attached hydrogen (secondary N) is 2. The van der Waals surface area contributed by atoms with Crippen molar-refractivity contribution in [3.05, 3.63) is 58.6 Å². The number of benzene rings is 2. The summed E-state index contributed by atoms with van der Waals surface area (Å²) in [5, 5.41) is 5.53. The van der Waals surface area contributed by atoms with Crippen molar-refractivity contribution in [2.75, 3.05) is 17.3 Å². The Balaban J connectivity index is 1.85. The van der Waals surface area contributed by atoms with Crippen molar-refractivity contribution in [2.45, 2.75) is 31.6 Å². The molecule has 2 aromatic carbocycles. The number of hydrogen-bond donors (Lipinski definition) is 2. The van der Waals surface area contributed by atoms with Gasteiger partial charge in [0.05, 0.1) is 23.8 Å². The van der Waals surface area contributed by atoms with Crippen LogP contribution >= 0.6 is 11.6 Å². The molecule has 2 N–H and O–H groups in total. The first kappa shape index (κ1) is 21.0. The SMILES string of the molecule is C[C@H]1C(=O)Nc2cc(C(=O)N[C@H](CC(F)(F)F)c3ccc(Cl)cc3)ccc2N1C. The van der Waals surface area contributed by atoms with Crippen LogP contribution in [0.3, 0.4) is 0 Å². The van der Waals surface area contributed by atoms with Gasteiger partial charge in [-0.2, -0.15) is 13.2 Å². The van der Waals surface area contributed by atoms with Gasteiger partial charge in [0.1, 0.15) is 6.04 Å². The van der Waals surface area contributed by atoms with Gasteiger partial charge in [-0.15, -0.1) is 0 Å². The molecule has 1 heterocycles. The van der Waals surface area contributed by atoms with Crippen LogP contribution < -0.4 is 15.5 Å². The van der Waals surface area contributed by atoms with Gasteiger partial charge in [-0.1, -0.05) is 23.7 Å². The molecule has 1 aliphatic rings. The number of nitrogens with zero attached hydrogens (tertiary/aromatic N) is 1. The first-order chi connectivity index (χ1) is 13.5. The third-order valence-corrected chi connectivity index (χ3v) is 5.12. The summed E-state index contributed by atoms with van der Waals surface area (Å²) in [6, 6.07) is 8.82. The number of fused-ring (bicyclic) bond motifs is 1. The van der Waals surface area contributed by atoms with E-state index in [1.54, 1.807) is 24.9 Å². The maximum Gasteiger partial charge on any atom is 0.391 e. The Bertz CT molecular complexity index is 932. The number of carbonyl (C=O) groups excluding carboxylic acids is 2. The van der Waals surface area contributed by atoms with Crippen LogP contribution in [0.15, 0.2) is 42.5 Å². The highest BCUT2D eigenvalue weighted by atomic mass is 35.5. The molecule has 2 aromatic rings. The second-order valence-electron chi connectivity index (χ2n) is 6.90. The molecule has 0 aliphatic carbocycles. The molecule has 1 aliphatic heterocycles. The van der Waals surface area contributed by atoms with E-state index >= 15 is 0 Å². The number of hydrogen-bond acceptors (Lipinski definition) is 3. The van der Waals surface area contributed by atoms with E-state index in [4.69, 9.17) is 11.6 Å². The van der Waals surface area contributed by atoms with Crippen LogP contribution in [0.4, 0.5) is 24.5 Å². The quantitative estimate of drug-likeness (QED) is 0.756. The molecule has 0 unspecified atom stereocenters. The van der Waals surface area contributed by atoms with Crippen LogP contribution in [0, 0.1) is 0 Å². The van der Waals surface area contributed by atoms with Crippen molar-refractivity contribution in [1.82, 2.24) is 5.32 Å². The summed E-state index contributed by atoms with van der Waals surface area (Å²) in [5.74, 6) is -0.902. The first-order valence-electron chi connectivity index (χ1n) is 8.86. The van der Waals surface area contributed by atoms with Gasteiger partial charge in [-0.25, -0.2) is 0 Å². The highest BCUT2D eigenvalue weighted by molar-refractivity contribution is 6.30. The normalized spacial score (nSPS) is 17.4. The van der Waals surface area contributed by atoms with Gasteiger partial charge in [-0.05, 0) is 42.8 Å². The largest absolute Gasteiger partial charge is 0.391 e. The Morgan fingerprint density at radius 3 is 2.52 bits per heavy atom. The zero-order valence-electron chi connectivity index (χ0n) is 15.7. The minimum absolute atomic E-state index is 0.146. The minimum Gasteiger partial charge on any atom is -0.361 e. The number of alkyl halides is 3. The highest BCUT2D eigenvalue weighted by Gasteiger charge is 2.34. The van der Waals surface area contributed by atoms with Gasteiger partial charge in [0, 0.05) is 17.6 Å². The van der Waals surface area contributed by atoms with Crippen LogP contribution in [0.5, 0.6) is 0 Å². The Labute approximate surface area is 170 Å². The van der Waals surface area contributed by atoms with Gasteiger partial charge in [0.15, 0.2) is 0 Å². The van der Waals surface area contributed by atoms with Crippen molar-refractivity contribution in [1.29, 1.82) is 0 Å². The summed E-state index contributed by atoms with van der Waals surface area (Å²) in [6.07, 6.45) is -5.69. The Hall–Kier alpha value is -2.74. The molecule has 0 radical (unpaired) electrons. The monoisotopic (exact) mass is 425 g/mol. The van der Waals surface area contributed by atoms with E-state index in [2.05, 4.69) is 10.6 Å². The Kier molecular flexibility index (Phi) is 5.75. The summed E-state index contributed by atoms with van der Waals surface area (Å²) in [6.45, 7) is 1.74. The third kappa shape index (κ3) is 4.82. The third-order valence-electron chi connectivity index (χ3n) is 4.87. The molecule has 0 spiro atoms. The van der Waals surface area contributed by atoms with E-state index in [1.807, 2.05) is 0 Å². The maximum atomic E-state index is 13.0. The topological polar surface area (TPSA) is 61.4 Å². The van der Waals surface area contributed by atoms with Crippen molar-refractivity contribution in [2.24, 2.45) is 0 Å². The van der Waals surface area contributed by atoms with Crippen molar-refractivity contribution in [3.8, 4) is 0 Å². The van der Waals surface area contributed by atoms with Gasteiger partial charge in [0.25, 0.3) is 5.91 Å². The van der Waals surface area contributed by atoms with Crippen LogP contribution in [0.2, 0.25) is 5.02 Å². The van der Waals surface area contributed by atoms with Gasteiger partial charge >= 0.3 is 6.18 Å². The van der Waals surface area contributed by atoms with Gasteiger partial charge in [0.2, 0.25) is 5.91 Å². The number of amides is 2. The molecular formula is C20H19ClF3N3O2. The fourth-order valence-corrected chi connectivity index (χ4v) is 3.25. The molecule has 9 heteroatoms. The fraction of sp³-hybridized carbons (Fsp3) is 0.300. The predicted molar refractivity (Wildman–Crippen MR) is 105 cm³/mol. The van der Waals surface area contributed by atoms with Crippen molar-refractivity contribution in [3.63, 3.8) is 0 Å². The second kappa shape index (κ2) is 7.94. The average molecular weight is 426 g/mol. The zero-order valence-corrected chi connectivity index (χ0v) is 16.4. The van der Waals surface area contributed by atoms with E-state index in [-0.39, 0.29) is 17.5 Å². The number of anilines is 2. The molecular weight excluding hydrogens is 407 g/mol. The van der Waals surface area contributed by atoms with Gasteiger partial charge in [-0.3, -0.25) is 9.59 Å². The van der Waals surface area contributed by atoms with Crippen LogP contribution in [0.1, 0.15) is 35.3 Å².